The molecule has 1 atom stereocenters. The SMILES string of the molecule is N#CCCC(N)c1ccc2c(c1)NC(=O)CO2. The van der Waals surface area contributed by atoms with Crippen molar-refractivity contribution >= 4 is 11.6 Å². The first-order chi connectivity index (χ1) is 8.20. The number of hydrogen-bond acceptors (Lipinski definition) is 4. The molecule has 17 heavy (non-hydrogen) atoms. The van der Waals surface area contributed by atoms with E-state index in [4.69, 9.17) is 15.7 Å². The normalized spacial score (nSPS) is 15.2. The molecule has 1 aliphatic rings. The van der Waals surface area contributed by atoms with Crippen LogP contribution >= 0.6 is 0 Å². The molecule has 0 aliphatic carbocycles. The fraction of sp³-hybridized carbons (Fsp3) is 0.333. The van der Waals surface area contributed by atoms with Crippen LogP contribution in [0.15, 0.2) is 18.2 Å². The van der Waals surface area contributed by atoms with Gasteiger partial charge in [0.05, 0.1) is 11.8 Å². The molecule has 0 saturated carbocycles. The topological polar surface area (TPSA) is 88.1 Å². The van der Waals surface area contributed by atoms with Crippen molar-refractivity contribution in [1.82, 2.24) is 0 Å². The average Bonchev–Trinajstić information content (AvgIpc) is 2.35. The molecule has 1 heterocycles. The Morgan fingerprint density at radius 1 is 1.59 bits per heavy atom. The Morgan fingerprint density at radius 3 is 3.18 bits per heavy atom. The highest BCUT2D eigenvalue weighted by Gasteiger charge is 2.17. The van der Waals surface area contributed by atoms with E-state index in [1.165, 1.54) is 0 Å². The van der Waals surface area contributed by atoms with Crippen molar-refractivity contribution < 1.29 is 9.53 Å². The number of nitrogens with zero attached hydrogens (tertiary/aromatic N) is 1. The second-order valence-electron chi connectivity index (χ2n) is 3.90. The van der Waals surface area contributed by atoms with Gasteiger partial charge in [0.2, 0.25) is 0 Å². The lowest BCUT2D eigenvalue weighted by Gasteiger charge is -2.20. The number of nitriles is 1. The molecule has 0 aromatic heterocycles. The van der Waals surface area contributed by atoms with Gasteiger partial charge in [-0.2, -0.15) is 5.26 Å². The maximum atomic E-state index is 11.2. The maximum absolute atomic E-state index is 11.2. The second kappa shape index (κ2) is 4.85. The van der Waals surface area contributed by atoms with E-state index in [-0.39, 0.29) is 18.6 Å². The molecule has 2 rings (SSSR count). The van der Waals surface area contributed by atoms with Crippen LogP contribution in [0.2, 0.25) is 0 Å². The number of benzene rings is 1. The molecule has 5 heteroatoms. The van der Waals surface area contributed by atoms with Crippen molar-refractivity contribution in [2.75, 3.05) is 11.9 Å². The third-order valence-corrected chi connectivity index (χ3v) is 2.63. The van der Waals surface area contributed by atoms with E-state index in [1.54, 1.807) is 12.1 Å². The maximum Gasteiger partial charge on any atom is 0.262 e. The van der Waals surface area contributed by atoms with Crippen LogP contribution in [-0.2, 0) is 4.79 Å². The summed E-state index contributed by atoms with van der Waals surface area (Å²) in [5, 5.41) is 11.2. The molecule has 88 valence electrons. The van der Waals surface area contributed by atoms with Crippen LogP contribution in [0.1, 0.15) is 24.4 Å². The van der Waals surface area contributed by atoms with E-state index in [0.29, 0.717) is 24.3 Å². The van der Waals surface area contributed by atoms with Gasteiger partial charge in [0, 0.05) is 12.5 Å². The lowest BCUT2D eigenvalue weighted by molar-refractivity contribution is -0.118. The highest BCUT2D eigenvalue weighted by atomic mass is 16.5. The molecule has 0 spiro atoms. The van der Waals surface area contributed by atoms with Gasteiger partial charge in [-0.1, -0.05) is 6.07 Å². The first kappa shape index (κ1) is 11.4. The number of rotatable bonds is 3. The van der Waals surface area contributed by atoms with Crippen molar-refractivity contribution in [3.63, 3.8) is 0 Å². The van der Waals surface area contributed by atoms with Gasteiger partial charge < -0.3 is 15.8 Å². The third-order valence-electron chi connectivity index (χ3n) is 2.63. The van der Waals surface area contributed by atoms with Crippen LogP contribution in [0.25, 0.3) is 0 Å². The number of anilines is 1. The summed E-state index contributed by atoms with van der Waals surface area (Å²) in [6.07, 6.45) is 1.02. The molecule has 0 saturated heterocycles. The predicted molar refractivity (Wildman–Crippen MR) is 62.3 cm³/mol. The Morgan fingerprint density at radius 2 is 2.41 bits per heavy atom. The lowest BCUT2D eigenvalue weighted by atomic mass is 10.0. The Bertz CT molecular complexity index is 479. The summed E-state index contributed by atoms with van der Waals surface area (Å²) in [5.74, 6) is 0.487. The van der Waals surface area contributed by atoms with Crippen molar-refractivity contribution in [3.05, 3.63) is 23.8 Å². The number of ether oxygens (including phenoxy) is 1. The molecule has 3 N–H and O–H groups in total. The molecule has 0 fully saturated rings. The van der Waals surface area contributed by atoms with Crippen LogP contribution in [0.5, 0.6) is 5.75 Å². The molecule has 1 aromatic rings. The standard InChI is InChI=1S/C12H13N3O2/c13-5-1-2-9(14)8-3-4-11-10(6-8)15-12(16)7-17-11/h3-4,6,9H,1-2,7,14H2,(H,15,16). The average molecular weight is 231 g/mol. The fourth-order valence-corrected chi connectivity index (χ4v) is 1.72. The fourth-order valence-electron chi connectivity index (χ4n) is 1.72. The number of amides is 1. The monoisotopic (exact) mass is 231 g/mol. The van der Waals surface area contributed by atoms with Gasteiger partial charge in [0.15, 0.2) is 6.61 Å². The largest absolute Gasteiger partial charge is 0.482 e. The van der Waals surface area contributed by atoms with E-state index in [1.807, 2.05) is 6.07 Å². The molecular formula is C12H13N3O2. The van der Waals surface area contributed by atoms with Crippen LogP contribution < -0.4 is 15.8 Å². The summed E-state index contributed by atoms with van der Waals surface area (Å²) < 4.78 is 5.25. The Balaban J connectivity index is 2.18. The summed E-state index contributed by atoms with van der Waals surface area (Å²) in [4.78, 5) is 11.2. The second-order valence-corrected chi connectivity index (χ2v) is 3.90. The summed E-state index contributed by atoms with van der Waals surface area (Å²) in [6, 6.07) is 7.32. The highest BCUT2D eigenvalue weighted by Crippen LogP contribution is 2.30. The van der Waals surface area contributed by atoms with Gasteiger partial charge in [-0.15, -0.1) is 0 Å². The minimum Gasteiger partial charge on any atom is -0.482 e. The number of nitrogens with one attached hydrogen (secondary N) is 1. The van der Waals surface area contributed by atoms with Gasteiger partial charge in [0.1, 0.15) is 5.75 Å². The minimum atomic E-state index is -0.196. The van der Waals surface area contributed by atoms with E-state index in [0.717, 1.165) is 5.56 Å². The molecule has 0 bridgehead atoms. The van der Waals surface area contributed by atoms with Crippen molar-refractivity contribution in [3.8, 4) is 11.8 Å². The number of carbonyl (C=O) groups is 1. The van der Waals surface area contributed by atoms with Gasteiger partial charge in [0.25, 0.3) is 5.91 Å². The summed E-state index contributed by atoms with van der Waals surface area (Å²) in [5.41, 5.74) is 7.48. The summed E-state index contributed by atoms with van der Waals surface area (Å²) in [6.45, 7) is 0.0484. The van der Waals surface area contributed by atoms with Crippen molar-refractivity contribution in [1.29, 1.82) is 5.26 Å². The van der Waals surface area contributed by atoms with Gasteiger partial charge >= 0.3 is 0 Å². The van der Waals surface area contributed by atoms with E-state index < -0.39 is 0 Å². The van der Waals surface area contributed by atoms with E-state index in [9.17, 15) is 4.79 Å². The van der Waals surface area contributed by atoms with Gasteiger partial charge in [-0.3, -0.25) is 4.79 Å². The molecule has 5 nitrogen and oxygen atoms in total. The van der Waals surface area contributed by atoms with Gasteiger partial charge in [-0.25, -0.2) is 0 Å². The lowest BCUT2D eigenvalue weighted by Crippen LogP contribution is -2.25. The number of carbonyl (C=O) groups excluding carboxylic acids is 1. The number of nitrogens with two attached hydrogens (primary N) is 1. The first-order valence-electron chi connectivity index (χ1n) is 5.40. The molecule has 1 aromatic carbocycles. The third kappa shape index (κ3) is 2.55. The van der Waals surface area contributed by atoms with Crippen LogP contribution in [0.3, 0.4) is 0 Å². The zero-order chi connectivity index (χ0) is 12.3. The molecular weight excluding hydrogens is 218 g/mol. The molecule has 1 amide bonds. The zero-order valence-corrected chi connectivity index (χ0v) is 9.27. The minimum absolute atomic E-state index is 0.0484. The summed E-state index contributed by atoms with van der Waals surface area (Å²) in [7, 11) is 0. The van der Waals surface area contributed by atoms with Crippen LogP contribution in [0.4, 0.5) is 5.69 Å². The predicted octanol–water partition coefficient (Wildman–Crippen LogP) is 1.32. The Hall–Kier alpha value is -2.06. The smallest absolute Gasteiger partial charge is 0.262 e. The molecule has 0 radical (unpaired) electrons. The quantitative estimate of drug-likeness (QED) is 0.821. The number of fused-ring (bicyclic) bond motifs is 1. The van der Waals surface area contributed by atoms with Crippen LogP contribution in [-0.4, -0.2) is 12.5 Å². The number of hydrogen-bond donors (Lipinski definition) is 2. The zero-order valence-electron chi connectivity index (χ0n) is 9.27. The Kier molecular flexibility index (Phi) is 3.26. The van der Waals surface area contributed by atoms with Gasteiger partial charge in [-0.05, 0) is 24.1 Å². The highest BCUT2D eigenvalue weighted by molar-refractivity contribution is 5.95. The van der Waals surface area contributed by atoms with Crippen LogP contribution in [0, 0.1) is 11.3 Å². The molecule has 1 unspecified atom stereocenters. The molecule has 1 aliphatic heterocycles. The van der Waals surface area contributed by atoms with Crippen molar-refractivity contribution in [2.24, 2.45) is 5.73 Å². The van der Waals surface area contributed by atoms with E-state index >= 15 is 0 Å². The Labute approximate surface area is 99.2 Å². The summed E-state index contributed by atoms with van der Waals surface area (Å²) >= 11 is 0. The van der Waals surface area contributed by atoms with Crippen molar-refractivity contribution in [2.45, 2.75) is 18.9 Å². The van der Waals surface area contributed by atoms with E-state index in [2.05, 4.69) is 11.4 Å². The first-order valence-corrected chi connectivity index (χ1v) is 5.40.